The summed E-state index contributed by atoms with van der Waals surface area (Å²) in [5.41, 5.74) is -1.83. The van der Waals surface area contributed by atoms with Gasteiger partial charge >= 0.3 is 29.8 Å². The number of hydrogen-bond donors (Lipinski definition) is 8. The van der Waals surface area contributed by atoms with Gasteiger partial charge in [-0.2, -0.15) is 0 Å². The molecule has 18 nitrogen and oxygen atoms in total. The number of rotatable bonds is 5. The number of carboxylic acids is 1. The van der Waals surface area contributed by atoms with Crippen molar-refractivity contribution < 1.29 is 88.5 Å². The van der Waals surface area contributed by atoms with Crippen molar-refractivity contribution in [1.29, 1.82) is 0 Å². The highest BCUT2D eigenvalue weighted by molar-refractivity contribution is 6.02. The molecule has 2 aromatic rings. The normalized spacial score (nSPS) is 27.7. The average Bonchev–Trinajstić information content (AvgIpc) is 3.30. The number of fused-ring (bicyclic) bond motifs is 2. The number of aliphatic hydroxyl groups is 2. The Hall–Kier alpha value is -5.33. The van der Waals surface area contributed by atoms with Crippen molar-refractivity contribution in [3.8, 4) is 34.5 Å². The second kappa shape index (κ2) is 11.1. The third-order valence-electron chi connectivity index (χ3n) is 7.18. The third-order valence-corrected chi connectivity index (χ3v) is 7.18. The van der Waals surface area contributed by atoms with Crippen molar-refractivity contribution in [2.45, 2.75) is 43.0 Å². The van der Waals surface area contributed by atoms with E-state index in [1.165, 1.54) is 0 Å². The van der Waals surface area contributed by atoms with Crippen LogP contribution in [0.2, 0.25) is 0 Å². The van der Waals surface area contributed by atoms with Crippen LogP contribution in [0.3, 0.4) is 0 Å². The second-order valence-corrected chi connectivity index (χ2v) is 9.89. The number of carbonyl (C=O) groups is 5. The van der Waals surface area contributed by atoms with Gasteiger partial charge in [0.2, 0.25) is 12.0 Å². The van der Waals surface area contributed by atoms with Crippen LogP contribution in [0.4, 0.5) is 0 Å². The predicted molar refractivity (Wildman–Crippen MR) is 132 cm³/mol. The minimum atomic E-state index is -2.15. The Morgan fingerprint density at radius 1 is 0.864 bits per heavy atom. The van der Waals surface area contributed by atoms with E-state index in [0.29, 0.717) is 18.2 Å². The molecule has 18 heteroatoms. The van der Waals surface area contributed by atoms with Crippen molar-refractivity contribution in [3.63, 3.8) is 0 Å². The first-order valence-corrected chi connectivity index (χ1v) is 12.6. The van der Waals surface area contributed by atoms with E-state index in [1.807, 2.05) is 0 Å². The van der Waals surface area contributed by atoms with Crippen LogP contribution in [0.1, 0.15) is 38.6 Å². The largest absolute Gasteiger partial charge is 0.504 e. The van der Waals surface area contributed by atoms with Gasteiger partial charge in [0.1, 0.15) is 18.1 Å². The van der Waals surface area contributed by atoms with Gasteiger partial charge in [0, 0.05) is 5.56 Å². The van der Waals surface area contributed by atoms with E-state index in [9.17, 15) is 64.8 Å². The minimum absolute atomic E-state index is 0.548. The Bertz CT molecular complexity index is 1560. The van der Waals surface area contributed by atoms with Gasteiger partial charge in [-0.25, -0.2) is 9.59 Å². The molecule has 1 fully saturated rings. The van der Waals surface area contributed by atoms with E-state index in [0.717, 1.165) is 0 Å². The van der Waals surface area contributed by atoms with Crippen LogP contribution in [0, 0.1) is 5.92 Å². The highest BCUT2D eigenvalue weighted by Crippen LogP contribution is 2.51. The van der Waals surface area contributed by atoms with E-state index >= 15 is 0 Å². The van der Waals surface area contributed by atoms with E-state index in [2.05, 4.69) is 0 Å². The number of hydrogen-bond acceptors (Lipinski definition) is 17. The first kappa shape index (κ1) is 30.1. The summed E-state index contributed by atoms with van der Waals surface area (Å²) in [6.07, 6.45) is -11.1. The summed E-state index contributed by atoms with van der Waals surface area (Å²) in [7, 11) is 0. The van der Waals surface area contributed by atoms with E-state index < -0.39 is 137 Å². The predicted octanol–water partition coefficient (Wildman–Crippen LogP) is -1.31. The molecule has 0 saturated carbocycles. The fourth-order valence-electron chi connectivity index (χ4n) is 5.11. The van der Waals surface area contributed by atoms with E-state index in [1.54, 1.807) is 0 Å². The number of aromatic hydroxyl groups is 5. The van der Waals surface area contributed by atoms with Gasteiger partial charge in [-0.1, -0.05) is 0 Å². The van der Waals surface area contributed by atoms with Crippen LogP contribution in [0.5, 0.6) is 34.5 Å². The maximum absolute atomic E-state index is 13.5. The smallest absolute Gasteiger partial charge is 0.340 e. The zero-order chi connectivity index (χ0) is 32.2. The lowest BCUT2D eigenvalue weighted by atomic mass is 9.82. The topological polar surface area (TPSA) is 293 Å². The van der Waals surface area contributed by atoms with Crippen molar-refractivity contribution in [3.05, 3.63) is 34.9 Å². The van der Waals surface area contributed by atoms with Crippen molar-refractivity contribution in [1.82, 2.24) is 0 Å². The summed E-state index contributed by atoms with van der Waals surface area (Å²) in [5, 5.41) is 80.2. The number of aliphatic hydroxyl groups excluding tert-OH is 2. The maximum atomic E-state index is 13.5. The number of phenolic OH excluding ortho intramolecular Hbond substituents is 5. The lowest BCUT2D eigenvalue weighted by Crippen LogP contribution is -2.62. The Labute approximate surface area is 243 Å². The molecule has 1 saturated heterocycles. The number of benzene rings is 2. The summed E-state index contributed by atoms with van der Waals surface area (Å²) in [6.45, 7) is -1.02. The van der Waals surface area contributed by atoms with Crippen molar-refractivity contribution in [2.24, 2.45) is 5.92 Å². The molecule has 2 bridgehead atoms. The fourth-order valence-corrected chi connectivity index (χ4v) is 5.11. The number of carboxylic acid groups (broad SMARTS) is 1. The summed E-state index contributed by atoms with van der Waals surface area (Å²) < 4.78 is 26.3. The van der Waals surface area contributed by atoms with Crippen LogP contribution in [0.25, 0.3) is 0 Å². The number of ether oxygens (including phenoxy) is 5. The van der Waals surface area contributed by atoms with Crippen molar-refractivity contribution >= 4 is 29.8 Å². The van der Waals surface area contributed by atoms with Gasteiger partial charge < -0.3 is 64.5 Å². The zero-order valence-corrected chi connectivity index (χ0v) is 21.8. The van der Waals surface area contributed by atoms with Crippen LogP contribution < -0.4 is 4.74 Å². The molecule has 0 radical (unpaired) electrons. The van der Waals surface area contributed by atoms with Crippen LogP contribution >= 0.6 is 0 Å². The molecule has 3 aliphatic heterocycles. The van der Waals surface area contributed by atoms with Crippen LogP contribution in [-0.2, 0) is 33.3 Å². The monoisotopic (exact) mass is 622 g/mol. The molecule has 2 aromatic carbocycles. The summed E-state index contributed by atoms with van der Waals surface area (Å²) in [6, 6.07) is 2.01. The molecule has 0 amide bonds. The van der Waals surface area contributed by atoms with Gasteiger partial charge in [-0.15, -0.1) is 0 Å². The van der Waals surface area contributed by atoms with Gasteiger partial charge in [0.05, 0.1) is 30.1 Å². The second-order valence-electron chi connectivity index (χ2n) is 9.89. The first-order chi connectivity index (χ1) is 20.7. The number of carbonyl (C=O) groups excluding carboxylic acids is 4. The van der Waals surface area contributed by atoms with Crippen LogP contribution in [0.15, 0.2) is 18.2 Å². The molecule has 0 unspecified atom stereocenters. The fraction of sp³-hybridized carbons (Fsp3) is 0.346. The first-order valence-electron chi connectivity index (χ1n) is 12.6. The van der Waals surface area contributed by atoms with E-state index in [4.69, 9.17) is 23.7 Å². The average molecular weight is 622 g/mol. The number of phenols is 5. The summed E-state index contributed by atoms with van der Waals surface area (Å²) in [4.78, 5) is 64.3. The highest BCUT2D eigenvalue weighted by atomic mass is 16.7. The van der Waals surface area contributed by atoms with Crippen molar-refractivity contribution in [2.75, 3.05) is 6.61 Å². The van der Waals surface area contributed by atoms with Gasteiger partial charge in [0.15, 0.2) is 41.0 Å². The van der Waals surface area contributed by atoms with Crippen LogP contribution in [-0.4, -0.2) is 108 Å². The third kappa shape index (κ3) is 4.99. The van der Waals surface area contributed by atoms with Gasteiger partial charge in [0.25, 0.3) is 0 Å². The molecule has 44 heavy (non-hydrogen) atoms. The molecule has 7 atom stereocenters. The molecular formula is C26H22O18. The minimum Gasteiger partial charge on any atom is -0.504 e. The molecule has 3 aliphatic rings. The Balaban J connectivity index is 1.61. The lowest BCUT2D eigenvalue weighted by Gasteiger charge is -2.42. The Morgan fingerprint density at radius 3 is 2.11 bits per heavy atom. The molecule has 8 N–H and O–H groups in total. The molecule has 0 aliphatic carbocycles. The Kier molecular flexibility index (Phi) is 7.58. The molecule has 234 valence electrons. The Morgan fingerprint density at radius 2 is 1.50 bits per heavy atom. The quantitative estimate of drug-likeness (QED) is 0.0831. The standard InChI is InChI=1S/C26H22O18/c27-5-12-19-18(35)21(26(40-12)44-22(36)6-1-9(28)16(33)10(29)2-6)43-23(37)7-3-11(30)17(34)20-14(7)15(25(39)42-20)8(4-13(31)32)24(38)41-19/h1-3,8,12,15,18-19,21,26-30,33-35H,4-5H2,(H,31,32)/t8-,12-,15-,18+,19-,21-,26+/m1/s1. The summed E-state index contributed by atoms with van der Waals surface area (Å²) >= 11 is 0. The van der Waals surface area contributed by atoms with E-state index in [-0.39, 0.29) is 0 Å². The molecular weight excluding hydrogens is 600 g/mol. The molecule has 0 spiro atoms. The van der Waals surface area contributed by atoms with Gasteiger partial charge in [-0.3, -0.25) is 14.4 Å². The SMILES string of the molecule is O=C(O)C[C@H]1C(=O)O[C@H]2[C@H](O)[C@@H](OC(=O)c3cc(O)c(O)c4c3[C@@H]1C(=O)O4)[C@H](OC(=O)c1cc(O)c(O)c(O)c1)O[C@@H]2CO. The molecule has 0 aromatic heterocycles. The number of aliphatic carboxylic acids is 1. The number of esters is 4. The highest BCUT2D eigenvalue weighted by Gasteiger charge is 2.55. The van der Waals surface area contributed by atoms with Gasteiger partial charge in [-0.05, 0) is 18.2 Å². The maximum Gasteiger partial charge on any atom is 0.340 e. The molecule has 3 heterocycles. The zero-order valence-electron chi connectivity index (χ0n) is 21.8. The molecule has 5 rings (SSSR count). The summed E-state index contributed by atoms with van der Waals surface area (Å²) in [5.74, 6) is -16.6. The lowest BCUT2D eigenvalue weighted by molar-refractivity contribution is -0.288.